The van der Waals surface area contributed by atoms with Crippen molar-refractivity contribution in [2.45, 2.75) is 11.8 Å². The maximum Gasteiger partial charge on any atom is 0.264 e. The Hall–Kier alpha value is -4.17. The molecule has 0 heterocycles. The quantitative estimate of drug-likeness (QED) is 0.341. The van der Waals surface area contributed by atoms with Crippen LogP contribution in [0.25, 0.3) is 0 Å². The lowest BCUT2D eigenvalue weighted by Crippen LogP contribution is -2.38. The first kappa shape index (κ1) is 24.0. The molecule has 8 heteroatoms. The van der Waals surface area contributed by atoms with Gasteiger partial charge in [0.2, 0.25) is 5.91 Å². The minimum Gasteiger partial charge on any atom is -0.455 e. The molecule has 178 valence electrons. The van der Waals surface area contributed by atoms with E-state index in [0.29, 0.717) is 17.2 Å². The summed E-state index contributed by atoms with van der Waals surface area (Å²) in [5, 5.41) is 2.69. The van der Waals surface area contributed by atoms with Crippen LogP contribution >= 0.6 is 0 Å². The molecule has 1 N–H and O–H groups in total. The van der Waals surface area contributed by atoms with Crippen LogP contribution in [0.15, 0.2) is 108 Å². The number of hydrogen-bond acceptors (Lipinski definition) is 4. The zero-order valence-corrected chi connectivity index (χ0v) is 19.7. The number of carbonyl (C=O) groups is 1. The van der Waals surface area contributed by atoms with E-state index in [1.807, 2.05) is 25.1 Å². The third-order valence-corrected chi connectivity index (χ3v) is 6.92. The molecule has 4 aromatic rings. The van der Waals surface area contributed by atoms with E-state index in [-0.39, 0.29) is 10.6 Å². The van der Waals surface area contributed by atoms with E-state index < -0.39 is 28.3 Å². The third-order valence-electron chi connectivity index (χ3n) is 5.15. The molecule has 0 spiro atoms. The summed E-state index contributed by atoms with van der Waals surface area (Å²) in [4.78, 5) is 13.0. The molecule has 0 aromatic heterocycles. The fourth-order valence-corrected chi connectivity index (χ4v) is 4.81. The van der Waals surface area contributed by atoms with E-state index in [9.17, 15) is 17.6 Å². The van der Waals surface area contributed by atoms with E-state index in [2.05, 4.69) is 5.32 Å². The average molecular weight is 491 g/mol. The smallest absolute Gasteiger partial charge is 0.264 e. The van der Waals surface area contributed by atoms with Gasteiger partial charge in [-0.15, -0.1) is 0 Å². The summed E-state index contributed by atoms with van der Waals surface area (Å²) in [5.74, 6) is -0.466. The molecule has 35 heavy (non-hydrogen) atoms. The molecule has 4 rings (SSSR count). The largest absolute Gasteiger partial charge is 0.455 e. The van der Waals surface area contributed by atoms with Crippen molar-refractivity contribution < 1.29 is 22.3 Å². The summed E-state index contributed by atoms with van der Waals surface area (Å²) in [5.41, 5.74) is 0.994. The van der Waals surface area contributed by atoms with Crippen LogP contribution in [0.4, 0.5) is 15.8 Å². The molecule has 0 aliphatic rings. The van der Waals surface area contributed by atoms with Crippen molar-refractivity contribution >= 4 is 27.3 Å². The van der Waals surface area contributed by atoms with E-state index >= 15 is 0 Å². The second-order valence-electron chi connectivity index (χ2n) is 7.74. The summed E-state index contributed by atoms with van der Waals surface area (Å²) in [6.07, 6.45) is 0. The predicted molar refractivity (Wildman–Crippen MR) is 134 cm³/mol. The van der Waals surface area contributed by atoms with Crippen molar-refractivity contribution in [3.63, 3.8) is 0 Å². The summed E-state index contributed by atoms with van der Waals surface area (Å²) in [6, 6.07) is 27.4. The highest BCUT2D eigenvalue weighted by Crippen LogP contribution is 2.30. The Labute approximate surface area is 203 Å². The van der Waals surface area contributed by atoms with Gasteiger partial charge in [0.05, 0.1) is 16.3 Å². The van der Waals surface area contributed by atoms with E-state index in [1.54, 1.807) is 48.5 Å². The Morgan fingerprint density at radius 2 is 1.49 bits per heavy atom. The number of amides is 1. The van der Waals surface area contributed by atoms with Gasteiger partial charge in [0.1, 0.15) is 18.1 Å². The Kier molecular flexibility index (Phi) is 7.12. The van der Waals surface area contributed by atoms with Crippen LogP contribution in [0.2, 0.25) is 0 Å². The number of para-hydroxylation sites is 4. The van der Waals surface area contributed by atoms with Crippen molar-refractivity contribution in [1.82, 2.24) is 0 Å². The van der Waals surface area contributed by atoms with Crippen LogP contribution in [0.3, 0.4) is 0 Å². The number of sulfonamides is 1. The number of halogens is 1. The number of nitrogens with zero attached hydrogens (tertiary/aromatic N) is 1. The van der Waals surface area contributed by atoms with Gasteiger partial charge in [0.15, 0.2) is 5.75 Å². The van der Waals surface area contributed by atoms with Gasteiger partial charge in [-0.2, -0.15) is 0 Å². The summed E-state index contributed by atoms with van der Waals surface area (Å²) >= 11 is 0. The van der Waals surface area contributed by atoms with Gasteiger partial charge < -0.3 is 10.1 Å². The van der Waals surface area contributed by atoms with Crippen LogP contribution in [-0.4, -0.2) is 20.9 Å². The van der Waals surface area contributed by atoms with E-state index in [0.717, 1.165) is 15.9 Å². The number of aryl methyl sites for hydroxylation is 1. The number of carbonyl (C=O) groups excluding carboxylic acids is 1. The van der Waals surface area contributed by atoms with Crippen molar-refractivity contribution in [3.05, 3.63) is 115 Å². The molecule has 0 radical (unpaired) electrons. The average Bonchev–Trinajstić information content (AvgIpc) is 2.85. The van der Waals surface area contributed by atoms with Gasteiger partial charge >= 0.3 is 0 Å². The lowest BCUT2D eigenvalue weighted by Gasteiger charge is -2.24. The van der Waals surface area contributed by atoms with Crippen LogP contribution in [0, 0.1) is 12.7 Å². The van der Waals surface area contributed by atoms with Crippen molar-refractivity contribution in [2.75, 3.05) is 16.2 Å². The fraction of sp³-hybridized carbons (Fsp3) is 0.0741. The second kappa shape index (κ2) is 10.4. The second-order valence-corrected chi connectivity index (χ2v) is 9.60. The van der Waals surface area contributed by atoms with E-state index in [4.69, 9.17) is 4.74 Å². The molecule has 0 bridgehead atoms. The Morgan fingerprint density at radius 1 is 0.857 bits per heavy atom. The normalized spacial score (nSPS) is 11.0. The van der Waals surface area contributed by atoms with Gasteiger partial charge in [0.25, 0.3) is 10.0 Å². The maximum atomic E-state index is 14.7. The number of hydrogen-bond donors (Lipinski definition) is 1. The number of benzene rings is 4. The SMILES string of the molecule is Cc1ccc(S(=O)(=O)N(CC(=O)Nc2ccccc2Oc2ccccc2)c2ccccc2F)cc1. The van der Waals surface area contributed by atoms with Gasteiger partial charge in [0, 0.05) is 0 Å². The molecule has 0 fully saturated rings. The molecular formula is C27H23FN2O4S. The van der Waals surface area contributed by atoms with Crippen LogP contribution in [0.5, 0.6) is 11.5 Å². The first-order valence-corrected chi connectivity index (χ1v) is 12.2. The predicted octanol–water partition coefficient (Wildman–Crippen LogP) is 5.76. The number of ether oxygens (including phenoxy) is 1. The number of nitrogens with one attached hydrogen (secondary N) is 1. The Balaban J connectivity index is 1.63. The monoisotopic (exact) mass is 490 g/mol. The molecule has 0 saturated heterocycles. The van der Waals surface area contributed by atoms with Gasteiger partial charge in [-0.3, -0.25) is 9.10 Å². The minimum absolute atomic E-state index is 0.0491. The molecule has 0 unspecified atom stereocenters. The molecule has 0 saturated carbocycles. The standard InChI is InChI=1S/C27H23FN2O4S/c1-20-15-17-22(18-16-20)35(32,33)30(25-13-7-5-11-23(25)28)19-27(31)29-24-12-6-8-14-26(24)34-21-9-3-2-4-10-21/h2-18H,19H2,1H3,(H,29,31). The fourth-order valence-electron chi connectivity index (χ4n) is 3.39. The first-order valence-electron chi connectivity index (χ1n) is 10.8. The highest BCUT2D eigenvalue weighted by Gasteiger charge is 2.29. The van der Waals surface area contributed by atoms with Crippen LogP contribution < -0.4 is 14.4 Å². The van der Waals surface area contributed by atoms with Gasteiger partial charge in [-0.25, -0.2) is 12.8 Å². The molecule has 0 atom stereocenters. The summed E-state index contributed by atoms with van der Waals surface area (Å²) in [6.45, 7) is 1.18. The van der Waals surface area contributed by atoms with Crippen molar-refractivity contribution in [1.29, 1.82) is 0 Å². The van der Waals surface area contributed by atoms with Crippen molar-refractivity contribution in [2.24, 2.45) is 0 Å². The first-order chi connectivity index (χ1) is 16.8. The van der Waals surface area contributed by atoms with Crippen LogP contribution in [0.1, 0.15) is 5.56 Å². The van der Waals surface area contributed by atoms with Crippen molar-refractivity contribution in [3.8, 4) is 11.5 Å². The summed E-state index contributed by atoms with van der Waals surface area (Å²) in [7, 11) is -4.24. The third kappa shape index (κ3) is 5.67. The summed E-state index contributed by atoms with van der Waals surface area (Å²) < 4.78 is 48.2. The molecule has 6 nitrogen and oxygen atoms in total. The lowest BCUT2D eigenvalue weighted by molar-refractivity contribution is -0.114. The molecule has 1 amide bonds. The van der Waals surface area contributed by atoms with E-state index in [1.165, 1.54) is 30.3 Å². The Bertz CT molecular complexity index is 1430. The molecular weight excluding hydrogens is 467 g/mol. The molecule has 4 aromatic carbocycles. The Morgan fingerprint density at radius 3 is 2.20 bits per heavy atom. The highest BCUT2D eigenvalue weighted by molar-refractivity contribution is 7.92. The highest BCUT2D eigenvalue weighted by atomic mass is 32.2. The topological polar surface area (TPSA) is 75.7 Å². The van der Waals surface area contributed by atoms with Gasteiger partial charge in [-0.1, -0.05) is 60.2 Å². The molecule has 0 aliphatic heterocycles. The number of anilines is 2. The van der Waals surface area contributed by atoms with Crippen LogP contribution in [-0.2, 0) is 14.8 Å². The zero-order chi connectivity index (χ0) is 24.8. The lowest BCUT2D eigenvalue weighted by atomic mass is 10.2. The van der Waals surface area contributed by atoms with Gasteiger partial charge in [-0.05, 0) is 55.5 Å². The number of rotatable bonds is 8. The minimum atomic E-state index is -4.24. The molecule has 0 aliphatic carbocycles. The zero-order valence-electron chi connectivity index (χ0n) is 18.9. The maximum absolute atomic E-state index is 14.7.